The third-order valence-corrected chi connectivity index (χ3v) is 5.40. The van der Waals surface area contributed by atoms with E-state index in [9.17, 15) is 9.18 Å². The Labute approximate surface area is 187 Å². The normalized spacial score (nSPS) is 15.3. The molecule has 2 heterocycles. The number of halogens is 1. The molecule has 32 heavy (non-hydrogen) atoms. The summed E-state index contributed by atoms with van der Waals surface area (Å²) >= 11 is 0. The molecule has 7 heteroatoms. The molecule has 0 saturated carbocycles. The van der Waals surface area contributed by atoms with Gasteiger partial charge in [-0.25, -0.2) is 9.37 Å². The highest BCUT2D eigenvalue weighted by atomic mass is 19.1. The lowest BCUT2D eigenvalue weighted by atomic mass is 10.2. The number of nitrogens with zero attached hydrogens (tertiary/aromatic N) is 3. The topological polar surface area (TPSA) is 54.9 Å². The summed E-state index contributed by atoms with van der Waals surface area (Å²) < 4.78 is 25.4. The van der Waals surface area contributed by atoms with Crippen molar-refractivity contribution in [3.63, 3.8) is 0 Å². The van der Waals surface area contributed by atoms with Crippen molar-refractivity contribution in [3.05, 3.63) is 83.8 Å². The number of fused-ring (bicyclic) bond motifs is 2. The predicted molar refractivity (Wildman–Crippen MR) is 120 cm³/mol. The van der Waals surface area contributed by atoms with E-state index in [4.69, 9.17) is 9.47 Å². The number of hydrogen-bond acceptors (Lipinski definition) is 5. The molecular formula is C25H26FN3O3. The number of amides is 1. The van der Waals surface area contributed by atoms with Gasteiger partial charge in [0.05, 0.1) is 0 Å². The summed E-state index contributed by atoms with van der Waals surface area (Å²) in [4.78, 5) is 21.6. The second-order valence-corrected chi connectivity index (χ2v) is 7.54. The molecule has 6 nitrogen and oxygen atoms in total. The molecule has 0 saturated heterocycles. The quantitative estimate of drug-likeness (QED) is 0.612. The van der Waals surface area contributed by atoms with E-state index in [1.165, 1.54) is 12.1 Å². The Balaban J connectivity index is 1.63. The first kappa shape index (κ1) is 21.8. The Hall–Kier alpha value is -3.45. The molecule has 2 aromatic carbocycles. The molecule has 1 aliphatic heterocycles. The molecule has 166 valence electrons. The van der Waals surface area contributed by atoms with Crippen LogP contribution in [0.2, 0.25) is 0 Å². The number of hydrogen-bond donors (Lipinski definition) is 0. The fourth-order valence-corrected chi connectivity index (χ4v) is 3.63. The lowest BCUT2D eigenvalue weighted by molar-refractivity contribution is 0.0736. The van der Waals surface area contributed by atoms with Crippen molar-refractivity contribution >= 4 is 5.91 Å². The van der Waals surface area contributed by atoms with Crippen LogP contribution in [0.1, 0.15) is 22.8 Å². The van der Waals surface area contributed by atoms with Crippen LogP contribution in [0.15, 0.2) is 66.9 Å². The molecule has 0 unspecified atom stereocenters. The molecule has 3 aromatic rings. The van der Waals surface area contributed by atoms with Gasteiger partial charge < -0.3 is 14.4 Å². The number of rotatable bonds is 3. The number of ether oxygens (including phenoxy) is 2. The average molecular weight is 435 g/mol. The predicted octanol–water partition coefficient (Wildman–Crippen LogP) is 4.37. The van der Waals surface area contributed by atoms with Crippen LogP contribution in [0, 0.1) is 5.82 Å². The lowest BCUT2D eigenvalue weighted by Crippen LogP contribution is -2.39. The molecular weight excluding hydrogens is 409 g/mol. The Morgan fingerprint density at radius 3 is 2.53 bits per heavy atom. The molecule has 0 aliphatic carbocycles. The van der Waals surface area contributed by atoms with Crippen molar-refractivity contribution in [2.45, 2.75) is 13.5 Å². The molecule has 0 spiro atoms. The van der Waals surface area contributed by atoms with E-state index in [-0.39, 0.29) is 17.6 Å². The minimum absolute atomic E-state index is 0.130. The van der Waals surface area contributed by atoms with Gasteiger partial charge in [0.15, 0.2) is 11.5 Å². The minimum Gasteiger partial charge on any atom is -0.488 e. The molecule has 0 N–H and O–H groups in total. The molecule has 0 fully saturated rings. The van der Waals surface area contributed by atoms with Gasteiger partial charge in [0, 0.05) is 38.9 Å². The second-order valence-electron chi connectivity index (χ2n) is 7.54. The van der Waals surface area contributed by atoms with E-state index in [0.717, 1.165) is 5.56 Å². The number of benzene rings is 2. The maximum Gasteiger partial charge on any atom is 0.259 e. The monoisotopic (exact) mass is 435 g/mol. The number of para-hydroxylation sites is 2. The highest BCUT2D eigenvalue weighted by Crippen LogP contribution is 2.32. The van der Waals surface area contributed by atoms with Gasteiger partial charge in [0.2, 0.25) is 5.88 Å². The van der Waals surface area contributed by atoms with Crippen LogP contribution in [0.25, 0.3) is 0 Å². The van der Waals surface area contributed by atoms with Gasteiger partial charge >= 0.3 is 0 Å². The number of aromatic nitrogens is 1. The fraction of sp³-hybridized carbons (Fsp3) is 0.280. The summed E-state index contributed by atoms with van der Waals surface area (Å²) in [5.74, 6) is 0.968. The van der Waals surface area contributed by atoms with Gasteiger partial charge in [0.25, 0.3) is 5.91 Å². The fourth-order valence-electron chi connectivity index (χ4n) is 3.63. The maximum absolute atomic E-state index is 13.3. The van der Waals surface area contributed by atoms with Gasteiger partial charge in [0.1, 0.15) is 18.0 Å². The van der Waals surface area contributed by atoms with Crippen molar-refractivity contribution in [1.29, 1.82) is 0 Å². The van der Waals surface area contributed by atoms with E-state index in [2.05, 4.69) is 9.88 Å². The molecule has 0 radical (unpaired) electrons. The maximum atomic E-state index is 13.3. The van der Waals surface area contributed by atoms with E-state index < -0.39 is 0 Å². The van der Waals surface area contributed by atoms with E-state index in [0.29, 0.717) is 56.4 Å². The number of likely N-dealkylation sites (N-methyl/N-ethyl adjacent to an activating group) is 1. The van der Waals surface area contributed by atoms with Crippen LogP contribution >= 0.6 is 0 Å². The summed E-state index contributed by atoms with van der Waals surface area (Å²) in [6.07, 6.45) is 1.61. The summed E-state index contributed by atoms with van der Waals surface area (Å²) in [5, 5.41) is 0. The smallest absolute Gasteiger partial charge is 0.259 e. The summed E-state index contributed by atoms with van der Waals surface area (Å²) in [6, 6.07) is 17.3. The van der Waals surface area contributed by atoms with E-state index in [1.807, 2.05) is 25.1 Å². The first-order valence-electron chi connectivity index (χ1n) is 10.7. The summed E-state index contributed by atoms with van der Waals surface area (Å²) in [5.41, 5.74) is 1.41. The van der Waals surface area contributed by atoms with Crippen molar-refractivity contribution in [2.75, 3.05) is 32.8 Å². The molecule has 1 aliphatic rings. The lowest BCUT2D eigenvalue weighted by Gasteiger charge is -2.27. The number of pyridine rings is 1. The molecule has 1 aromatic heterocycles. The first-order valence-corrected chi connectivity index (χ1v) is 10.7. The molecule has 0 bridgehead atoms. The molecule has 4 rings (SSSR count). The molecule has 1 amide bonds. The van der Waals surface area contributed by atoms with Crippen LogP contribution in [0.4, 0.5) is 4.39 Å². The van der Waals surface area contributed by atoms with Gasteiger partial charge in [-0.05, 0) is 48.9 Å². The van der Waals surface area contributed by atoms with Gasteiger partial charge in [-0.15, -0.1) is 0 Å². The largest absolute Gasteiger partial charge is 0.488 e. The third kappa shape index (κ3) is 5.23. The SMILES string of the molecule is CCN1CCN(Cc2ccc(F)cc2)CCOc2ccccc2Oc2ncccc2C1=O. The Bertz CT molecular complexity index is 1060. The third-order valence-electron chi connectivity index (χ3n) is 5.40. The van der Waals surface area contributed by atoms with E-state index in [1.54, 1.807) is 41.4 Å². The standard InChI is InChI=1S/C25H26FN3O3/c1-2-29-15-14-28(18-19-9-11-20(26)12-10-19)16-17-31-22-7-3-4-8-23(22)32-24-21(25(29)30)6-5-13-27-24/h3-13H,2,14-18H2,1H3. The zero-order valence-corrected chi connectivity index (χ0v) is 18.0. The van der Waals surface area contributed by atoms with Crippen LogP contribution < -0.4 is 9.47 Å². The average Bonchev–Trinajstić information content (AvgIpc) is 2.82. The van der Waals surface area contributed by atoms with Crippen molar-refractivity contribution in [2.24, 2.45) is 0 Å². The van der Waals surface area contributed by atoms with Crippen LogP contribution in [0.3, 0.4) is 0 Å². The minimum atomic E-state index is -0.256. The summed E-state index contributed by atoms with van der Waals surface area (Å²) in [7, 11) is 0. The van der Waals surface area contributed by atoms with Crippen molar-refractivity contribution in [3.8, 4) is 17.4 Å². The highest BCUT2D eigenvalue weighted by Gasteiger charge is 2.22. The van der Waals surface area contributed by atoms with Crippen LogP contribution in [0.5, 0.6) is 17.4 Å². The van der Waals surface area contributed by atoms with Crippen molar-refractivity contribution in [1.82, 2.24) is 14.8 Å². The number of carbonyl (C=O) groups is 1. The molecule has 0 atom stereocenters. The van der Waals surface area contributed by atoms with Gasteiger partial charge in [-0.3, -0.25) is 9.69 Å². The van der Waals surface area contributed by atoms with Gasteiger partial charge in [-0.1, -0.05) is 24.3 Å². The number of carbonyl (C=O) groups excluding carboxylic acids is 1. The van der Waals surface area contributed by atoms with Crippen molar-refractivity contribution < 1.29 is 18.7 Å². The Morgan fingerprint density at radius 1 is 0.969 bits per heavy atom. The van der Waals surface area contributed by atoms with Crippen LogP contribution in [-0.2, 0) is 6.54 Å². The zero-order chi connectivity index (χ0) is 22.3. The Kier molecular flexibility index (Phi) is 6.97. The summed E-state index contributed by atoms with van der Waals surface area (Å²) in [6.45, 7) is 5.42. The Morgan fingerprint density at radius 2 is 1.75 bits per heavy atom. The second kappa shape index (κ2) is 10.2. The highest BCUT2D eigenvalue weighted by molar-refractivity contribution is 5.96. The van der Waals surface area contributed by atoms with Gasteiger partial charge in [-0.2, -0.15) is 0 Å². The first-order chi connectivity index (χ1) is 15.6. The van der Waals surface area contributed by atoms with E-state index >= 15 is 0 Å². The van der Waals surface area contributed by atoms with Crippen LogP contribution in [-0.4, -0.2) is 53.5 Å². The zero-order valence-electron chi connectivity index (χ0n) is 18.0.